The largest absolute Gasteiger partial charge is 0.394 e. The molecule has 0 saturated carbocycles. The van der Waals surface area contributed by atoms with E-state index < -0.39 is 5.41 Å². The SMILES string of the molecule is CCCn1nc(C)c(N)c1NCC(C)(C)C(N)=O. The minimum absolute atomic E-state index is 0.341. The summed E-state index contributed by atoms with van der Waals surface area (Å²) in [4.78, 5) is 11.3. The minimum atomic E-state index is -0.623. The minimum Gasteiger partial charge on any atom is -0.394 e. The standard InChI is InChI=1S/C12H23N5O/c1-5-6-17-10(9(13)8(2)16-17)15-7-12(3,4)11(14)18/h15H,5-7,13H2,1-4H3,(H2,14,18). The lowest BCUT2D eigenvalue weighted by molar-refractivity contribution is -0.125. The number of primary amides is 1. The van der Waals surface area contributed by atoms with Crippen LogP contribution in [0.1, 0.15) is 32.9 Å². The fraction of sp³-hybridized carbons (Fsp3) is 0.667. The summed E-state index contributed by atoms with van der Waals surface area (Å²) in [6, 6.07) is 0. The Bertz CT molecular complexity index is 436. The summed E-state index contributed by atoms with van der Waals surface area (Å²) in [6.07, 6.45) is 0.967. The number of amides is 1. The third-order valence-electron chi connectivity index (χ3n) is 2.97. The normalized spacial score (nSPS) is 11.6. The van der Waals surface area contributed by atoms with Gasteiger partial charge in [0.2, 0.25) is 5.91 Å². The van der Waals surface area contributed by atoms with Gasteiger partial charge in [-0.05, 0) is 27.2 Å². The first-order valence-electron chi connectivity index (χ1n) is 6.16. The van der Waals surface area contributed by atoms with Gasteiger partial charge in [-0.3, -0.25) is 4.79 Å². The number of carbonyl (C=O) groups excluding carboxylic acids is 1. The van der Waals surface area contributed by atoms with Crippen molar-refractivity contribution in [3.8, 4) is 0 Å². The Morgan fingerprint density at radius 3 is 2.61 bits per heavy atom. The number of aryl methyl sites for hydroxylation is 2. The number of hydrogen-bond donors (Lipinski definition) is 3. The van der Waals surface area contributed by atoms with Crippen LogP contribution >= 0.6 is 0 Å². The number of hydrogen-bond acceptors (Lipinski definition) is 4. The van der Waals surface area contributed by atoms with Crippen molar-refractivity contribution in [3.63, 3.8) is 0 Å². The highest BCUT2D eigenvalue weighted by molar-refractivity contribution is 5.80. The zero-order chi connectivity index (χ0) is 13.9. The fourth-order valence-corrected chi connectivity index (χ4v) is 1.55. The lowest BCUT2D eigenvalue weighted by Crippen LogP contribution is -2.37. The van der Waals surface area contributed by atoms with E-state index in [1.807, 2.05) is 11.6 Å². The van der Waals surface area contributed by atoms with Crippen LogP contribution in [0.2, 0.25) is 0 Å². The van der Waals surface area contributed by atoms with Crippen LogP contribution in [0.4, 0.5) is 11.5 Å². The first-order valence-corrected chi connectivity index (χ1v) is 6.16. The Balaban J connectivity index is 2.87. The molecule has 102 valence electrons. The molecule has 0 saturated heterocycles. The Morgan fingerprint density at radius 2 is 2.11 bits per heavy atom. The monoisotopic (exact) mass is 253 g/mol. The predicted molar refractivity (Wildman–Crippen MR) is 73.1 cm³/mol. The number of nitrogens with one attached hydrogen (secondary N) is 1. The van der Waals surface area contributed by atoms with Gasteiger partial charge in [0, 0.05) is 13.1 Å². The zero-order valence-electron chi connectivity index (χ0n) is 11.6. The molecule has 1 aromatic rings. The molecular weight excluding hydrogens is 230 g/mol. The topological polar surface area (TPSA) is 99.0 Å². The van der Waals surface area contributed by atoms with Crippen LogP contribution in [0.15, 0.2) is 0 Å². The van der Waals surface area contributed by atoms with Gasteiger partial charge in [0.25, 0.3) is 0 Å². The van der Waals surface area contributed by atoms with Gasteiger partial charge < -0.3 is 16.8 Å². The number of carbonyl (C=O) groups is 1. The first-order chi connectivity index (χ1) is 8.29. The molecule has 0 bridgehead atoms. The molecule has 18 heavy (non-hydrogen) atoms. The maximum absolute atomic E-state index is 11.3. The summed E-state index contributed by atoms with van der Waals surface area (Å²) >= 11 is 0. The van der Waals surface area contributed by atoms with Crippen LogP contribution in [-0.4, -0.2) is 22.2 Å². The first kappa shape index (κ1) is 14.3. The van der Waals surface area contributed by atoms with E-state index >= 15 is 0 Å². The molecule has 0 unspecified atom stereocenters. The number of aromatic nitrogens is 2. The fourth-order valence-electron chi connectivity index (χ4n) is 1.55. The molecule has 6 nitrogen and oxygen atoms in total. The van der Waals surface area contributed by atoms with Crippen LogP contribution in [-0.2, 0) is 11.3 Å². The molecule has 0 aromatic carbocycles. The van der Waals surface area contributed by atoms with Crippen molar-refractivity contribution in [3.05, 3.63) is 5.69 Å². The number of nitrogen functional groups attached to an aromatic ring is 1. The second-order valence-electron chi connectivity index (χ2n) is 5.17. The van der Waals surface area contributed by atoms with Gasteiger partial charge in [0.15, 0.2) is 0 Å². The van der Waals surface area contributed by atoms with Crippen LogP contribution in [0.5, 0.6) is 0 Å². The summed E-state index contributed by atoms with van der Waals surface area (Å²) in [5.41, 5.74) is 12.1. The van der Waals surface area contributed by atoms with Gasteiger partial charge in [-0.2, -0.15) is 5.10 Å². The Labute approximate surface area is 108 Å². The smallest absolute Gasteiger partial charge is 0.224 e. The third-order valence-corrected chi connectivity index (χ3v) is 2.97. The molecule has 1 aromatic heterocycles. The Morgan fingerprint density at radius 1 is 1.50 bits per heavy atom. The molecule has 0 aliphatic rings. The maximum Gasteiger partial charge on any atom is 0.224 e. The molecule has 0 radical (unpaired) electrons. The second-order valence-corrected chi connectivity index (χ2v) is 5.17. The van der Waals surface area contributed by atoms with E-state index in [0.29, 0.717) is 12.2 Å². The van der Waals surface area contributed by atoms with Crippen molar-refractivity contribution in [2.45, 2.75) is 40.7 Å². The van der Waals surface area contributed by atoms with Gasteiger partial charge in [0.05, 0.1) is 16.8 Å². The number of nitrogens with two attached hydrogens (primary N) is 2. The molecule has 1 heterocycles. The van der Waals surface area contributed by atoms with E-state index in [2.05, 4.69) is 17.3 Å². The van der Waals surface area contributed by atoms with Gasteiger partial charge in [0.1, 0.15) is 5.82 Å². The average molecular weight is 253 g/mol. The van der Waals surface area contributed by atoms with Crippen molar-refractivity contribution >= 4 is 17.4 Å². The summed E-state index contributed by atoms with van der Waals surface area (Å²) in [7, 11) is 0. The van der Waals surface area contributed by atoms with Crippen LogP contribution < -0.4 is 16.8 Å². The Kier molecular flexibility index (Phi) is 4.21. The molecule has 1 amide bonds. The van der Waals surface area contributed by atoms with Crippen molar-refractivity contribution in [2.75, 3.05) is 17.6 Å². The highest BCUT2D eigenvalue weighted by Gasteiger charge is 2.25. The molecule has 0 aliphatic carbocycles. The average Bonchev–Trinajstić information content (AvgIpc) is 2.53. The molecule has 0 spiro atoms. The van der Waals surface area contributed by atoms with Gasteiger partial charge in [-0.25, -0.2) is 4.68 Å². The lowest BCUT2D eigenvalue weighted by Gasteiger charge is -2.22. The van der Waals surface area contributed by atoms with Gasteiger partial charge >= 0.3 is 0 Å². The number of nitrogens with zero attached hydrogens (tertiary/aromatic N) is 2. The summed E-state index contributed by atoms with van der Waals surface area (Å²) in [5, 5.41) is 7.54. The van der Waals surface area contributed by atoms with Gasteiger partial charge in [-0.1, -0.05) is 6.92 Å². The van der Waals surface area contributed by atoms with E-state index in [-0.39, 0.29) is 5.91 Å². The lowest BCUT2D eigenvalue weighted by atomic mass is 9.93. The van der Waals surface area contributed by atoms with Crippen molar-refractivity contribution in [2.24, 2.45) is 11.1 Å². The summed E-state index contributed by atoms with van der Waals surface area (Å²) in [6.45, 7) is 8.76. The van der Waals surface area contributed by atoms with Crippen molar-refractivity contribution in [1.29, 1.82) is 0 Å². The van der Waals surface area contributed by atoms with E-state index in [9.17, 15) is 4.79 Å². The van der Waals surface area contributed by atoms with Crippen molar-refractivity contribution in [1.82, 2.24) is 9.78 Å². The molecule has 0 atom stereocenters. The van der Waals surface area contributed by atoms with Crippen molar-refractivity contribution < 1.29 is 4.79 Å². The number of rotatable bonds is 6. The van der Waals surface area contributed by atoms with Crippen LogP contribution in [0.3, 0.4) is 0 Å². The summed E-state index contributed by atoms with van der Waals surface area (Å²) in [5.74, 6) is 0.426. The Hall–Kier alpha value is -1.72. The predicted octanol–water partition coefficient (Wildman–Crippen LogP) is 1.11. The van der Waals surface area contributed by atoms with E-state index in [0.717, 1.165) is 24.5 Å². The molecular formula is C12H23N5O. The molecule has 5 N–H and O–H groups in total. The van der Waals surface area contributed by atoms with E-state index in [1.165, 1.54) is 0 Å². The third kappa shape index (κ3) is 2.94. The second kappa shape index (κ2) is 5.29. The molecule has 0 fully saturated rings. The zero-order valence-corrected chi connectivity index (χ0v) is 11.6. The summed E-state index contributed by atoms with van der Waals surface area (Å²) < 4.78 is 1.84. The highest BCUT2D eigenvalue weighted by Crippen LogP contribution is 2.24. The number of anilines is 2. The van der Waals surface area contributed by atoms with Crippen LogP contribution in [0, 0.1) is 12.3 Å². The van der Waals surface area contributed by atoms with Crippen LogP contribution in [0.25, 0.3) is 0 Å². The molecule has 6 heteroatoms. The quantitative estimate of drug-likeness (QED) is 0.707. The maximum atomic E-state index is 11.3. The highest BCUT2D eigenvalue weighted by atomic mass is 16.1. The molecule has 0 aliphatic heterocycles. The van der Waals surface area contributed by atoms with Gasteiger partial charge in [-0.15, -0.1) is 0 Å². The molecule has 1 rings (SSSR count). The van der Waals surface area contributed by atoms with E-state index in [4.69, 9.17) is 11.5 Å². The van der Waals surface area contributed by atoms with E-state index in [1.54, 1.807) is 13.8 Å².